The number of methoxy groups -OCH3 is 1. The number of benzene rings is 1. The first-order chi connectivity index (χ1) is 10.5. The molecule has 3 N–H and O–H groups in total. The summed E-state index contributed by atoms with van der Waals surface area (Å²) in [6.45, 7) is 0.254. The molecule has 23 heavy (non-hydrogen) atoms. The number of carboxylic acids is 1. The lowest BCUT2D eigenvalue weighted by molar-refractivity contribution is -0.137. The van der Waals surface area contributed by atoms with E-state index in [-0.39, 0.29) is 31.3 Å². The number of nitrogens with zero attached hydrogens (tertiary/aromatic N) is 1. The molecule has 0 aliphatic heterocycles. The van der Waals surface area contributed by atoms with Gasteiger partial charge in [0.2, 0.25) is 0 Å². The first-order valence-electron chi connectivity index (χ1n) is 6.76. The maximum Gasteiger partial charge on any atom is 0.304 e. The largest absolute Gasteiger partial charge is 0.495 e. The van der Waals surface area contributed by atoms with Crippen molar-refractivity contribution in [2.75, 3.05) is 13.7 Å². The fourth-order valence-corrected chi connectivity index (χ4v) is 2.47. The number of nitrogens with two attached hydrogens (primary N) is 1. The zero-order chi connectivity index (χ0) is 16.1. The molecule has 1 aromatic carbocycles. The Bertz CT molecular complexity index is 680. The van der Waals surface area contributed by atoms with Gasteiger partial charge in [-0.1, -0.05) is 17.7 Å². The molecule has 7 heteroatoms. The molecule has 0 amide bonds. The van der Waals surface area contributed by atoms with E-state index in [1.54, 1.807) is 31.6 Å². The van der Waals surface area contributed by atoms with E-state index in [0.29, 0.717) is 10.8 Å². The van der Waals surface area contributed by atoms with Crippen molar-refractivity contribution in [2.24, 2.45) is 5.73 Å². The van der Waals surface area contributed by atoms with Gasteiger partial charge < -0.3 is 15.6 Å². The molecule has 1 atom stereocenters. The molecule has 1 heterocycles. The molecular weight excluding hydrogens is 339 g/mol. The lowest BCUT2D eigenvalue weighted by atomic mass is 9.93. The summed E-state index contributed by atoms with van der Waals surface area (Å²) in [5.41, 5.74) is 8.11. The molecule has 2 aromatic rings. The Morgan fingerprint density at radius 1 is 1.39 bits per heavy atom. The first kappa shape index (κ1) is 19.2. The van der Waals surface area contributed by atoms with Crippen molar-refractivity contribution in [1.29, 1.82) is 0 Å². The van der Waals surface area contributed by atoms with E-state index in [2.05, 4.69) is 4.98 Å². The Hall–Kier alpha value is -1.82. The first-order valence-corrected chi connectivity index (χ1v) is 7.13. The van der Waals surface area contributed by atoms with Gasteiger partial charge in [0, 0.05) is 28.3 Å². The number of pyridine rings is 1. The van der Waals surface area contributed by atoms with Crippen LogP contribution in [0.15, 0.2) is 36.7 Å². The van der Waals surface area contributed by atoms with E-state index in [1.807, 2.05) is 12.1 Å². The second kappa shape index (κ2) is 8.72. The number of rotatable bonds is 6. The van der Waals surface area contributed by atoms with Crippen LogP contribution in [-0.4, -0.2) is 29.7 Å². The normalized spacial score (nSPS) is 11.4. The summed E-state index contributed by atoms with van der Waals surface area (Å²) in [6.07, 6.45) is 3.27. The van der Waals surface area contributed by atoms with E-state index >= 15 is 0 Å². The van der Waals surface area contributed by atoms with Crippen LogP contribution < -0.4 is 10.5 Å². The van der Waals surface area contributed by atoms with Crippen molar-refractivity contribution in [2.45, 2.75) is 12.3 Å². The molecule has 0 fully saturated rings. The SMILES string of the molecule is COc1cncc(-c2cc(C(CN)CC(=O)O)ccc2Cl)c1.Cl. The average Bonchev–Trinajstić information content (AvgIpc) is 2.53. The molecule has 0 aliphatic carbocycles. The van der Waals surface area contributed by atoms with Crippen LogP contribution in [-0.2, 0) is 4.79 Å². The van der Waals surface area contributed by atoms with Crippen LogP contribution in [0.25, 0.3) is 11.1 Å². The van der Waals surface area contributed by atoms with Crippen molar-refractivity contribution in [3.05, 3.63) is 47.2 Å². The zero-order valence-electron chi connectivity index (χ0n) is 12.5. The molecule has 124 valence electrons. The molecular formula is C16H18Cl2N2O3. The molecule has 0 radical (unpaired) electrons. The standard InChI is InChI=1S/C16H17ClN2O3.ClH/c1-22-13-4-12(8-19-9-13)14-5-10(2-3-15(14)17)11(7-18)6-16(20)21;/h2-5,8-9,11H,6-7,18H2,1H3,(H,20,21);1H. The smallest absolute Gasteiger partial charge is 0.304 e. The van der Waals surface area contributed by atoms with Gasteiger partial charge in [0.1, 0.15) is 5.75 Å². The van der Waals surface area contributed by atoms with Gasteiger partial charge in [-0.25, -0.2) is 0 Å². The number of hydrogen-bond donors (Lipinski definition) is 2. The highest BCUT2D eigenvalue weighted by Crippen LogP contribution is 2.32. The van der Waals surface area contributed by atoms with Gasteiger partial charge in [-0.05, 0) is 30.3 Å². The van der Waals surface area contributed by atoms with Crippen molar-refractivity contribution < 1.29 is 14.6 Å². The van der Waals surface area contributed by atoms with Gasteiger partial charge in [-0.2, -0.15) is 0 Å². The van der Waals surface area contributed by atoms with Crippen molar-refractivity contribution in [3.63, 3.8) is 0 Å². The predicted molar refractivity (Wildman–Crippen MR) is 92.5 cm³/mol. The number of hydrogen-bond acceptors (Lipinski definition) is 4. The topological polar surface area (TPSA) is 85.4 Å². The van der Waals surface area contributed by atoms with E-state index in [1.165, 1.54) is 0 Å². The fourth-order valence-electron chi connectivity index (χ4n) is 2.24. The number of halogens is 2. The van der Waals surface area contributed by atoms with Crippen LogP contribution in [0.1, 0.15) is 17.9 Å². The minimum atomic E-state index is -0.880. The fraction of sp³-hybridized carbons (Fsp3) is 0.250. The highest BCUT2D eigenvalue weighted by molar-refractivity contribution is 6.33. The number of carbonyl (C=O) groups is 1. The van der Waals surface area contributed by atoms with Gasteiger partial charge in [0.15, 0.2) is 0 Å². The number of carboxylic acid groups (broad SMARTS) is 1. The summed E-state index contributed by atoms with van der Waals surface area (Å²) in [6, 6.07) is 7.24. The highest BCUT2D eigenvalue weighted by atomic mass is 35.5. The number of aromatic nitrogens is 1. The Morgan fingerprint density at radius 3 is 2.74 bits per heavy atom. The summed E-state index contributed by atoms with van der Waals surface area (Å²) in [5, 5.41) is 9.54. The van der Waals surface area contributed by atoms with Crippen LogP contribution in [0.4, 0.5) is 0 Å². The predicted octanol–water partition coefficient (Wildman–Crippen LogP) is 3.35. The van der Waals surface area contributed by atoms with E-state index in [0.717, 1.165) is 16.7 Å². The molecule has 0 spiro atoms. The highest BCUT2D eigenvalue weighted by Gasteiger charge is 2.16. The van der Waals surface area contributed by atoms with Gasteiger partial charge >= 0.3 is 5.97 Å². The average molecular weight is 357 g/mol. The molecule has 1 aromatic heterocycles. The maximum atomic E-state index is 10.9. The number of ether oxygens (including phenoxy) is 1. The quantitative estimate of drug-likeness (QED) is 0.828. The Morgan fingerprint density at radius 2 is 2.13 bits per heavy atom. The summed E-state index contributed by atoms with van der Waals surface area (Å²) in [7, 11) is 1.57. The third-order valence-corrected chi connectivity index (χ3v) is 3.76. The minimum absolute atomic E-state index is 0. The Balaban J connectivity index is 0.00000264. The van der Waals surface area contributed by atoms with Crippen LogP contribution >= 0.6 is 24.0 Å². The number of aliphatic carboxylic acids is 1. The summed E-state index contributed by atoms with van der Waals surface area (Å²) in [5.74, 6) is -0.512. The lowest BCUT2D eigenvalue weighted by Crippen LogP contribution is -2.16. The molecule has 0 aliphatic rings. The minimum Gasteiger partial charge on any atom is -0.495 e. The second-order valence-corrected chi connectivity index (χ2v) is 5.29. The molecule has 5 nitrogen and oxygen atoms in total. The molecule has 0 saturated heterocycles. The maximum absolute atomic E-state index is 10.9. The monoisotopic (exact) mass is 356 g/mol. The molecule has 0 bridgehead atoms. The van der Waals surface area contributed by atoms with Crippen LogP contribution in [0.3, 0.4) is 0 Å². The lowest BCUT2D eigenvalue weighted by Gasteiger charge is -2.15. The zero-order valence-corrected chi connectivity index (χ0v) is 14.1. The van der Waals surface area contributed by atoms with E-state index in [4.69, 9.17) is 27.2 Å². The van der Waals surface area contributed by atoms with Gasteiger partial charge in [0.25, 0.3) is 0 Å². The van der Waals surface area contributed by atoms with Crippen molar-refractivity contribution in [1.82, 2.24) is 4.98 Å². The Labute approximate surface area is 145 Å². The summed E-state index contributed by atoms with van der Waals surface area (Å²) in [4.78, 5) is 15.1. The molecule has 0 saturated carbocycles. The van der Waals surface area contributed by atoms with E-state index in [9.17, 15) is 4.79 Å². The van der Waals surface area contributed by atoms with Crippen molar-refractivity contribution >= 4 is 30.0 Å². The van der Waals surface area contributed by atoms with Crippen molar-refractivity contribution in [3.8, 4) is 16.9 Å². The van der Waals surface area contributed by atoms with Crippen LogP contribution in [0.2, 0.25) is 5.02 Å². The van der Waals surface area contributed by atoms with Crippen LogP contribution in [0.5, 0.6) is 5.75 Å². The third kappa shape index (κ3) is 4.82. The molecule has 1 unspecified atom stereocenters. The van der Waals surface area contributed by atoms with E-state index < -0.39 is 5.97 Å². The summed E-state index contributed by atoms with van der Waals surface area (Å²) < 4.78 is 5.16. The second-order valence-electron chi connectivity index (χ2n) is 4.88. The van der Waals surface area contributed by atoms with Gasteiger partial charge in [-0.15, -0.1) is 12.4 Å². The molecule has 2 rings (SSSR count). The van der Waals surface area contributed by atoms with Gasteiger partial charge in [-0.3, -0.25) is 9.78 Å². The van der Waals surface area contributed by atoms with Crippen LogP contribution in [0, 0.1) is 0 Å². The third-order valence-electron chi connectivity index (χ3n) is 3.43. The summed E-state index contributed by atoms with van der Waals surface area (Å²) >= 11 is 6.26. The Kier molecular flexibility index (Phi) is 7.29. The van der Waals surface area contributed by atoms with Gasteiger partial charge in [0.05, 0.1) is 19.7 Å².